The lowest BCUT2D eigenvalue weighted by molar-refractivity contribution is -0.00858. The molecule has 1 atom stereocenters. The lowest BCUT2D eigenvalue weighted by Crippen LogP contribution is -2.08. The van der Waals surface area contributed by atoms with Gasteiger partial charge in [0.1, 0.15) is 0 Å². The third-order valence-corrected chi connectivity index (χ3v) is 1.36. The van der Waals surface area contributed by atoms with Crippen molar-refractivity contribution in [3.8, 4) is 0 Å². The molecule has 0 fully saturated rings. The summed E-state index contributed by atoms with van der Waals surface area (Å²) in [4.78, 5) is 3.11. The maximum atomic E-state index is 8.36. The zero-order valence-corrected chi connectivity index (χ0v) is 6.51. The lowest BCUT2D eigenvalue weighted by atomic mass is 10.0. The van der Waals surface area contributed by atoms with Gasteiger partial charge in [-0.2, -0.15) is 4.79 Å². The lowest BCUT2D eigenvalue weighted by Gasteiger charge is -1.97. The third kappa shape index (κ3) is 1.83. The van der Waals surface area contributed by atoms with E-state index in [4.69, 9.17) is 5.53 Å². The molecule has 0 saturated heterocycles. The van der Waals surface area contributed by atoms with Crippen LogP contribution in [0.4, 0.5) is 0 Å². The molecule has 2 nitrogen and oxygen atoms in total. The summed E-state index contributed by atoms with van der Waals surface area (Å²) >= 11 is 0. The Hall–Kier alpha value is -0.850. The summed E-state index contributed by atoms with van der Waals surface area (Å²) in [6.45, 7) is 1.98. The molecule has 54 valence electrons. The topological polar surface area (TPSA) is 36.4 Å². The summed E-state index contributed by atoms with van der Waals surface area (Å²) in [6.07, 6.45) is 7.58. The van der Waals surface area contributed by atoms with Crippen LogP contribution in [0.5, 0.6) is 0 Å². The molecule has 0 heterocycles. The highest BCUT2D eigenvalue weighted by atomic mass is 35.5. The van der Waals surface area contributed by atoms with Crippen LogP contribution in [0.15, 0.2) is 24.3 Å². The molecule has 0 aromatic rings. The highest BCUT2D eigenvalue weighted by molar-refractivity contribution is 5.94. The summed E-state index contributed by atoms with van der Waals surface area (Å²) in [5.74, 6) is 0.250. The molecule has 0 bridgehead atoms. The Morgan fingerprint density at radius 2 is 2.20 bits per heavy atom. The Labute approximate surface area is 66.3 Å². The standard InChI is InChI=1S/C7H8N2.ClH/c1-6-4-2-3-5-7(6)9-8;/h2-6H,1H3;1H. The van der Waals surface area contributed by atoms with E-state index in [1.54, 1.807) is 6.08 Å². The fourth-order valence-corrected chi connectivity index (χ4v) is 0.760. The number of hydrogen-bond acceptors (Lipinski definition) is 0. The molecule has 0 saturated carbocycles. The van der Waals surface area contributed by atoms with E-state index in [0.29, 0.717) is 0 Å². The van der Waals surface area contributed by atoms with E-state index >= 15 is 0 Å². The average molecular weight is 157 g/mol. The van der Waals surface area contributed by atoms with Crippen molar-refractivity contribution in [2.45, 2.75) is 6.92 Å². The number of rotatable bonds is 0. The van der Waals surface area contributed by atoms with Gasteiger partial charge in [0.05, 0.1) is 5.92 Å². The normalized spacial score (nSPS) is 21.7. The minimum atomic E-state index is 0. The molecule has 0 aliphatic heterocycles. The molecule has 3 heteroatoms. The second kappa shape index (κ2) is 4.04. The van der Waals surface area contributed by atoms with Crippen molar-refractivity contribution in [1.82, 2.24) is 0 Å². The van der Waals surface area contributed by atoms with Crippen LogP contribution < -0.4 is 0 Å². The first-order valence-corrected chi connectivity index (χ1v) is 2.91. The Morgan fingerprint density at radius 1 is 1.50 bits per heavy atom. The maximum Gasteiger partial charge on any atom is 0.298 e. The summed E-state index contributed by atoms with van der Waals surface area (Å²) < 4.78 is 0. The molecule has 0 spiro atoms. The fraction of sp³-hybridized carbons (Fsp3) is 0.286. The molecule has 0 radical (unpaired) electrons. The van der Waals surface area contributed by atoms with E-state index in [2.05, 4.69) is 4.79 Å². The van der Waals surface area contributed by atoms with E-state index < -0.39 is 0 Å². The first kappa shape index (κ1) is 9.15. The molecule has 1 aliphatic rings. The molecule has 1 unspecified atom stereocenters. The molecule has 0 aromatic heterocycles. The third-order valence-electron chi connectivity index (χ3n) is 1.36. The minimum Gasteiger partial charge on any atom is -0.361 e. The largest absolute Gasteiger partial charge is 0.361 e. The average Bonchev–Trinajstić information content (AvgIpc) is 1.89. The maximum absolute atomic E-state index is 8.36. The molecule has 1 aliphatic carbocycles. The van der Waals surface area contributed by atoms with Gasteiger partial charge in [-0.15, -0.1) is 12.4 Å². The van der Waals surface area contributed by atoms with Crippen molar-refractivity contribution in [3.63, 3.8) is 0 Å². The number of halogens is 1. The molecule has 0 aromatic carbocycles. The van der Waals surface area contributed by atoms with Gasteiger partial charge in [0.15, 0.2) is 0 Å². The van der Waals surface area contributed by atoms with E-state index in [1.165, 1.54) is 0 Å². The van der Waals surface area contributed by atoms with Gasteiger partial charge in [-0.3, -0.25) is 0 Å². The predicted octanol–water partition coefficient (Wildman–Crippen LogP) is 1.84. The van der Waals surface area contributed by atoms with Gasteiger partial charge in [-0.1, -0.05) is 18.2 Å². The molecule has 0 amide bonds. The van der Waals surface area contributed by atoms with Crippen molar-refractivity contribution >= 4 is 18.1 Å². The Bertz CT molecular complexity index is 212. The molecular formula is C7H9ClN2. The highest BCUT2D eigenvalue weighted by Crippen LogP contribution is 2.04. The van der Waals surface area contributed by atoms with Gasteiger partial charge in [-0.05, 0) is 6.92 Å². The first-order valence-electron chi connectivity index (χ1n) is 2.91. The Morgan fingerprint density at radius 3 is 2.60 bits per heavy atom. The van der Waals surface area contributed by atoms with E-state index in [1.807, 2.05) is 25.2 Å². The summed E-state index contributed by atoms with van der Waals surface area (Å²) in [5, 5.41) is 0. The van der Waals surface area contributed by atoms with Crippen molar-refractivity contribution < 1.29 is 4.79 Å². The van der Waals surface area contributed by atoms with Gasteiger partial charge >= 0.3 is 0 Å². The molecule has 0 N–H and O–H groups in total. The number of nitrogens with zero attached hydrogens (tertiary/aromatic N) is 2. The van der Waals surface area contributed by atoms with Gasteiger partial charge in [-0.25, -0.2) is 0 Å². The van der Waals surface area contributed by atoms with Gasteiger partial charge < -0.3 is 5.53 Å². The second-order valence-electron chi connectivity index (χ2n) is 2.06. The van der Waals surface area contributed by atoms with Crippen LogP contribution in [0, 0.1) is 5.92 Å². The van der Waals surface area contributed by atoms with Crippen molar-refractivity contribution in [2.24, 2.45) is 5.92 Å². The number of allylic oxidation sites excluding steroid dienone is 4. The molecular weight excluding hydrogens is 148 g/mol. The van der Waals surface area contributed by atoms with Gasteiger partial charge in [0.2, 0.25) is 0 Å². The Balaban J connectivity index is 0.000000810. The van der Waals surface area contributed by atoms with E-state index in [-0.39, 0.29) is 18.3 Å². The van der Waals surface area contributed by atoms with Crippen LogP contribution in [0.3, 0.4) is 0 Å². The van der Waals surface area contributed by atoms with E-state index in [9.17, 15) is 0 Å². The van der Waals surface area contributed by atoms with Crippen LogP contribution in [0.1, 0.15) is 6.92 Å². The monoisotopic (exact) mass is 156 g/mol. The summed E-state index contributed by atoms with van der Waals surface area (Å²) in [7, 11) is 0. The minimum absolute atomic E-state index is 0. The molecule has 10 heavy (non-hydrogen) atoms. The summed E-state index contributed by atoms with van der Waals surface area (Å²) in [5.41, 5.74) is 9.08. The van der Waals surface area contributed by atoms with Crippen LogP contribution in [-0.2, 0) is 0 Å². The van der Waals surface area contributed by atoms with Crippen molar-refractivity contribution in [2.75, 3.05) is 0 Å². The molecule has 1 rings (SSSR count). The summed E-state index contributed by atoms with van der Waals surface area (Å²) in [6, 6.07) is 0. The first-order chi connectivity index (χ1) is 4.34. The zero-order valence-electron chi connectivity index (χ0n) is 5.69. The SMILES string of the molecule is CC1C=CC=CC1=[N+]=[N-].Cl. The van der Waals surface area contributed by atoms with Crippen LogP contribution in [0.2, 0.25) is 0 Å². The van der Waals surface area contributed by atoms with Crippen LogP contribution >= 0.6 is 12.4 Å². The second-order valence-corrected chi connectivity index (χ2v) is 2.06. The fourth-order valence-electron chi connectivity index (χ4n) is 0.760. The van der Waals surface area contributed by atoms with Crippen molar-refractivity contribution in [3.05, 3.63) is 29.8 Å². The predicted molar refractivity (Wildman–Crippen MR) is 43.3 cm³/mol. The van der Waals surface area contributed by atoms with Crippen LogP contribution in [-0.4, -0.2) is 10.5 Å². The smallest absolute Gasteiger partial charge is 0.298 e. The Kier molecular flexibility index (Phi) is 3.70. The van der Waals surface area contributed by atoms with E-state index in [0.717, 1.165) is 5.71 Å². The zero-order chi connectivity index (χ0) is 6.69. The van der Waals surface area contributed by atoms with Gasteiger partial charge in [0.25, 0.3) is 5.71 Å². The number of hydrogen-bond donors (Lipinski definition) is 0. The quantitative estimate of drug-likeness (QED) is 0.379. The van der Waals surface area contributed by atoms with Crippen LogP contribution in [0.25, 0.3) is 5.53 Å². The van der Waals surface area contributed by atoms with Gasteiger partial charge in [0, 0.05) is 6.08 Å². The van der Waals surface area contributed by atoms with Crippen molar-refractivity contribution in [1.29, 1.82) is 0 Å². The highest BCUT2D eigenvalue weighted by Gasteiger charge is 2.12.